The number of nitrogens with one attached hydrogen (secondary N) is 2. The van der Waals surface area contributed by atoms with E-state index in [1.807, 2.05) is 30.3 Å². The summed E-state index contributed by atoms with van der Waals surface area (Å²) in [5.74, 6) is 1.64. The SMILES string of the molecule is Cc1cc(SCC(=O)Nc2ccc3c(c2)OCCO3)[nH+]c2ccccc12. The number of pyridine rings is 1. The van der Waals surface area contributed by atoms with Crippen LogP contribution in [0.2, 0.25) is 0 Å². The van der Waals surface area contributed by atoms with Crippen LogP contribution in [0.5, 0.6) is 11.5 Å². The number of anilines is 1. The Morgan fingerprint density at radius 2 is 1.92 bits per heavy atom. The third-order valence-electron chi connectivity index (χ3n) is 4.14. The van der Waals surface area contributed by atoms with Gasteiger partial charge in [0.25, 0.3) is 0 Å². The van der Waals surface area contributed by atoms with Gasteiger partial charge in [0.15, 0.2) is 11.5 Å². The van der Waals surface area contributed by atoms with Gasteiger partial charge in [0.1, 0.15) is 13.2 Å². The van der Waals surface area contributed by atoms with Crippen molar-refractivity contribution in [1.29, 1.82) is 0 Å². The maximum Gasteiger partial charge on any atom is 0.239 e. The van der Waals surface area contributed by atoms with Crippen LogP contribution in [0.1, 0.15) is 5.56 Å². The van der Waals surface area contributed by atoms with Gasteiger partial charge in [-0.2, -0.15) is 4.98 Å². The first-order chi connectivity index (χ1) is 12.7. The number of ether oxygens (including phenoxy) is 2. The molecule has 5 nitrogen and oxygen atoms in total. The Labute approximate surface area is 155 Å². The minimum absolute atomic E-state index is 0.0640. The van der Waals surface area contributed by atoms with Crippen LogP contribution in [0, 0.1) is 6.92 Å². The summed E-state index contributed by atoms with van der Waals surface area (Å²) in [5, 5.41) is 5.07. The zero-order chi connectivity index (χ0) is 17.9. The topological polar surface area (TPSA) is 61.7 Å². The number of rotatable bonds is 4. The Balaban J connectivity index is 1.41. The molecule has 0 bridgehead atoms. The Bertz CT molecular complexity index is 974. The van der Waals surface area contributed by atoms with Gasteiger partial charge in [0, 0.05) is 29.3 Å². The van der Waals surface area contributed by atoms with Gasteiger partial charge in [0.05, 0.1) is 5.75 Å². The summed E-state index contributed by atoms with van der Waals surface area (Å²) in [5.41, 5.74) is 2.97. The molecule has 0 saturated carbocycles. The summed E-state index contributed by atoms with van der Waals surface area (Å²) >= 11 is 1.48. The molecule has 1 aliphatic rings. The average Bonchev–Trinajstić information content (AvgIpc) is 2.66. The molecule has 0 atom stereocenters. The van der Waals surface area contributed by atoms with Gasteiger partial charge in [-0.1, -0.05) is 12.1 Å². The Morgan fingerprint density at radius 1 is 1.12 bits per heavy atom. The van der Waals surface area contributed by atoms with Crippen LogP contribution in [-0.4, -0.2) is 24.9 Å². The standard InChI is InChI=1S/C20H18N2O3S/c1-13-10-20(22-16-5-3-2-4-15(13)16)26-12-19(23)21-14-6-7-17-18(11-14)25-9-8-24-17/h2-7,10-11H,8-9,12H2,1H3,(H,21,23)/p+1. The average molecular weight is 367 g/mol. The largest absolute Gasteiger partial charge is 0.486 e. The van der Waals surface area contributed by atoms with Crippen LogP contribution >= 0.6 is 11.8 Å². The summed E-state index contributed by atoms with van der Waals surface area (Å²) in [6.45, 7) is 3.16. The number of carbonyl (C=O) groups is 1. The van der Waals surface area contributed by atoms with Crippen molar-refractivity contribution in [3.05, 3.63) is 54.1 Å². The second kappa shape index (κ2) is 7.25. The van der Waals surface area contributed by atoms with Crippen molar-refractivity contribution in [3.8, 4) is 11.5 Å². The zero-order valence-corrected chi connectivity index (χ0v) is 15.2. The molecule has 1 amide bonds. The number of amides is 1. The van der Waals surface area contributed by atoms with Crippen LogP contribution in [-0.2, 0) is 4.79 Å². The third kappa shape index (κ3) is 3.60. The number of aromatic nitrogens is 1. The Morgan fingerprint density at radius 3 is 2.81 bits per heavy atom. The Hall–Kier alpha value is -2.73. The number of aryl methyl sites for hydroxylation is 1. The van der Waals surface area contributed by atoms with E-state index in [1.54, 1.807) is 6.07 Å². The first-order valence-corrected chi connectivity index (χ1v) is 9.41. The van der Waals surface area contributed by atoms with Crippen LogP contribution in [0.3, 0.4) is 0 Å². The van der Waals surface area contributed by atoms with Gasteiger partial charge in [0.2, 0.25) is 16.4 Å². The first-order valence-electron chi connectivity index (χ1n) is 8.43. The van der Waals surface area contributed by atoms with Crippen molar-refractivity contribution in [3.63, 3.8) is 0 Å². The van der Waals surface area contributed by atoms with E-state index in [-0.39, 0.29) is 5.91 Å². The lowest BCUT2D eigenvalue weighted by Crippen LogP contribution is -2.18. The fourth-order valence-electron chi connectivity index (χ4n) is 2.92. The predicted octanol–water partition coefficient (Wildman–Crippen LogP) is 3.46. The maximum atomic E-state index is 12.3. The number of aromatic amines is 1. The second-order valence-corrected chi connectivity index (χ2v) is 7.07. The zero-order valence-electron chi connectivity index (χ0n) is 14.4. The first kappa shape index (κ1) is 16.7. The molecule has 1 aliphatic heterocycles. The highest BCUT2D eigenvalue weighted by molar-refractivity contribution is 7.99. The van der Waals surface area contributed by atoms with Crippen molar-refractivity contribution < 1.29 is 19.3 Å². The number of hydrogen-bond acceptors (Lipinski definition) is 4. The van der Waals surface area contributed by atoms with Crippen LogP contribution in [0.4, 0.5) is 5.69 Å². The van der Waals surface area contributed by atoms with E-state index in [9.17, 15) is 4.79 Å². The summed E-state index contributed by atoms with van der Waals surface area (Å²) in [6, 6.07) is 15.7. The van der Waals surface area contributed by atoms with Crippen molar-refractivity contribution in [1.82, 2.24) is 0 Å². The maximum absolute atomic E-state index is 12.3. The fraction of sp³-hybridized carbons (Fsp3) is 0.200. The molecule has 132 valence electrons. The van der Waals surface area contributed by atoms with E-state index < -0.39 is 0 Å². The fourth-order valence-corrected chi connectivity index (χ4v) is 3.72. The van der Waals surface area contributed by atoms with Crippen molar-refractivity contribution >= 4 is 34.3 Å². The van der Waals surface area contributed by atoms with Gasteiger partial charge < -0.3 is 14.8 Å². The molecule has 2 heterocycles. The smallest absolute Gasteiger partial charge is 0.239 e. The summed E-state index contributed by atoms with van der Waals surface area (Å²) in [7, 11) is 0. The molecular weight excluding hydrogens is 348 g/mol. The van der Waals surface area contributed by atoms with Gasteiger partial charge in [-0.3, -0.25) is 4.79 Å². The van der Waals surface area contributed by atoms with Gasteiger partial charge in [-0.05, 0) is 42.4 Å². The number of para-hydroxylation sites is 1. The minimum Gasteiger partial charge on any atom is -0.486 e. The van der Waals surface area contributed by atoms with Crippen molar-refractivity contribution in [2.45, 2.75) is 11.9 Å². The van der Waals surface area contributed by atoms with Crippen LogP contribution < -0.4 is 19.8 Å². The number of fused-ring (bicyclic) bond motifs is 2. The highest BCUT2D eigenvalue weighted by atomic mass is 32.2. The number of benzene rings is 2. The van der Waals surface area contributed by atoms with E-state index in [2.05, 4.69) is 29.4 Å². The van der Waals surface area contributed by atoms with Gasteiger partial charge in [-0.25, -0.2) is 0 Å². The summed E-state index contributed by atoms with van der Waals surface area (Å²) in [4.78, 5) is 15.7. The lowest BCUT2D eigenvalue weighted by Gasteiger charge is -2.18. The van der Waals surface area contributed by atoms with E-state index >= 15 is 0 Å². The molecule has 2 N–H and O–H groups in total. The van der Waals surface area contributed by atoms with E-state index in [4.69, 9.17) is 9.47 Å². The normalized spacial score (nSPS) is 12.8. The molecule has 0 radical (unpaired) electrons. The lowest BCUT2D eigenvalue weighted by molar-refractivity contribution is -0.395. The van der Waals surface area contributed by atoms with Gasteiger partial charge in [-0.15, -0.1) is 0 Å². The molecule has 4 rings (SSSR count). The van der Waals surface area contributed by atoms with E-state index in [0.29, 0.717) is 36.2 Å². The highest BCUT2D eigenvalue weighted by Crippen LogP contribution is 2.32. The molecule has 1 aromatic heterocycles. The quantitative estimate of drug-likeness (QED) is 0.718. The molecular formula is C20H19N2O3S+. The monoisotopic (exact) mass is 367 g/mol. The molecule has 0 saturated heterocycles. The summed E-state index contributed by atoms with van der Waals surface area (Å²) in [6.07, 6.45) is 0. The van der Waals surface area contributed by atoms with Crippen LogP contribution in [0.25, 0.3) is 10.9 Å². The summed E-state index contributed by atoms with van der Waals surface area (Å²) < 4.78 is 11.0. The Kier molecular flexibility index (Phi) is 4.67. The van der Waals surface area contributed by atoms with Crippen molar-refractivity contribution in [2.75, 3.05) is 24.3 Å². The number of H-pyrrole nitrogens is 1. The number of carbonyl (C=O) groups excluding carboxylic acids is 1. The van der Waals surface area contributed by atoms with E-state index in [0.717, 1.165) is 10.5 Å². The molecule has 0 spiro atoms. The minimum atomic E-state index is -0.0640. The van der Waals surface area contributed by atoms with Gasteiger partial charge >= 0.3 is 0 Å². The highest BCUT2D eigenvalue weighted by Gasteiger charge is 2.14. The molecule has 6 heteroatoms. The molecule has 3 aromatic rings. The molecule has 0 unspecified atom stereocenters. The molecule has 0 aliphatic carbocycles. The number of hydrogen-bond donors (Lipinski definition) is 1. The molecule has 0 fully saturated rings. The molecule has 2 aromatic carbocycles. The molecule has 26 heavy (non-hydrogen) atoms. The lowest BCUT2D eigenvalue weighted by atomic mass is 10.1. The van der Waals surface area contributed by atoms with E-state index in [1.165, 1.54) is 22.7 Å². The van der Waals surface area contributed by atoms with Crippen LogP contribution in [0.15, 0.2) is 53.6 Å². The third-order valence-corrected chi connectivity index (χ3v) is 5.08. The van der Waals surface area contributed by atoms with Crippen molar-refractivity contribution in [2.24, 2.45) is 0 Å². The number of thioether (sulfide) groups is 1. The predicted molar refractivity (Wildman–Crippen MR) is 102 cm³/mol. The second-order valence-electron chi connectivity index (χ2n) is 6.06.